The molecule has 1 aromatic heterocycles. The van der Waals surface area contributed by atoms with Gasteiger partial charge in [-0.25, -0.2) is 27.3 Å². The van der Waals surface area contributed by atoms with Gasteiger partial charge in [0.25, 0.3) is 24.2 Å². The molecule has 4 N–H and O–H groups in total. The van der Waals surface area contributed by atoms with E-state index in [2.05, 4.69) is 10.3 Å². The lowest BCUT2D eigenvalue weighted by atomic mass is 10.1. The van der Waals surface area contributed by atoms with Gasteiger partial charge in [0.05, 0.1) is 35.5 Å². The van der Waals surface area contributed by atoms with Crippen LogP contribution in [0.25, 0.3) is 22.3 Å². The van der Waals surface area contributed by atoms with Crippen molar-refractivity contribution in [2.45, 2.75) is 19.4 Å². The number of aromatic nitrogens is 2. The monoisotopic (exact) mass is 676 g/mol. The molecule has 0 amide bonds. The fraction of sp³-hybridized carbons (Fsp3) is 0.125. The van der Waals surface area contributed by atoms with Crippen LogP contribution in [0.3, 0.4) is 0 Å². The minimum absolute atomic E-state index is 0.131. The van der Waals surface area contributed by atoms with Crippen LogP contribution >= 0.6 is 23.2 Å². The van der Waals surface area contributed by atoms with Crippen molar-refractivity contribution in [3.8, 4) is 11.3 Å². The van der Waals surface area contributed by atoms with Crippen LogP contribution in [0, 0.1) is 0 Å². The Morgan fingerprint density at radius 1 is 0.826 bits per heavy atom. The maximum absolute atomic E-state index is 12.8. The van der Waals surface area contributed by atoms with Gasteiger partial charge in [0.1, 0.15) is 5.69 Å². The highest BCUT2D eigenvalue weighted by molar-refractivity contribution is 6.40. The predicted octanol–water partition coefficient (Wildman–Crippen LogP) is 7.54. The van der Waals surface area contributed by atoms with Crippen LogP contribution < -0.4 is 16.6 Å². The highest BCUT2D eigenvalue weighted by atomic mass is 35.5. The molecule has 5 aromatic rings. The third-order valence-electron chi connectivity index (χ3n) is 6.00. The van der Waals surface area contributed by atoms with E-state index < -0.39 is 36.7 Å². The molecular weight excluding hydrogens is 651 g/mol. The third-order valence-corrected chi connectivity index (χ3v) is 6.50. The molecule has 0 spiro atoms. The minimum Gasteiger partial charge on any atom is -0.475 e. The first-order valence-electron chi connectivity index (χ1n) is 13.3. The standard InChI is InChI=1S/C16H11ClF2N2O.C8H5ClO3.C8H10F2N2/c17-11-7-5-10(6-8-11)15-16(22)21(9-14(18)19)13-4-2-1-3-12(13)20-15;9-6-3-1-5(2-4-6)7(10)8(11)12;9-8(10)5-12-7-4-2-1-3-6(7)11/h1-8,14H,9H2;1-4H,(H,11,12);1-4,8,12H,5,11H2. The Kier molecular flexibility index (Phi) is 13.1. The Labute approximate surface area is 270 Å². The van der Waals surface area contributed by atoms with E-state index in [0.717, 1.165) is 4.57 Å². The van der Waals surface area contributed by atoms with Gasteiger partial charge in [-0.2, -0.15) is 0 Å². The zero-order valence-electron chi connectivity index (χ0n) is 23.7. The molecule has 5 rings (SSSR count). The van der Waals surface area contributed by atoms with Crippen LogP contribution in [0.15, 0.2) is 102 Å². The van der Waals surface area contributed by atoms with Gasteiger partial charge in [0, 0.05) is 21.2 Å². The molecule has 240 valence electrons. The van der Waals surface area contributed by atoms with Crippen LogP contribution in [-0.2, 0) is 11.3 Å². The number of carbonyl (C=O) groups excluding carboxylic acids is 1. The molecule has 0 aliphatic rings. The second kappa shape index (κ2) is 16.9. The molecule has 46 heavy (non-hydrogen) atoms. The highest BCUT2D eigenvalue weighted by Crippen LogP contribution is 2.20. The fourth-order valence-corrected chi connectivity index (χ4v) is 4.13. The van der Waals surface area contributed by atoms with Crippen molar-refractivity contribution in [3.63, 3.8) is 0 Å². The Morgan fingerprint density at radius 2 is 1.39 bits per heavy atom. The number of hydrogen-bond acceptors (Lipinski definition) is 6. The maximum atomic E-state index is 12.8. The van der Waals surface area contributed by atoms with Crippen LogP contribution in [0.2, 0.25) is 10.0 Å². The van der Waals surface area contributed by atoms with Gasteiger partial charge in [-0.3, -0.25) is 14.2 Å². The number of nitrogens with one attached hydrogen (secondary N) is 1. The number of fused-ring (bicyclic) bond motifs is 1. The molecule has 0 radical (unpaired) electrons. The number of para-hydroxylation sites is 4. The SMILES string of the molecule is Nc1ccccc1NCC(F)F.O=C(O)C(=O)c1ccc(Cl)cc1.O=c1c(-c2ccc(Cl)cc2)nc2ccccc2n1CC(F)F. The summed E-state index contributed by atoms with van der Waals surface area (Å²) >= 11 is 11.4. The molecule has 0 saturated heterocycles. The second-order valence-corrected chi connectivity index (χ2v) is 10.1. The summed E-state index contributed by atoms with van der Waals surface area (Å²) in [5.74, 6) is -2.39. The van der Waals surface area contributed by atoms with E-state index in [1.165, 1.54) is 24.3 Å². The van der Waals surface area contributed by atoms with Crippen molar-refractivity contribution in [2.24, 2.45) is 0 Å². The van der Waals surface area contributed by atoms with E-state index in [9.17, 15) is 31.9 Å². The normalized spacial score (nSPS) is 10.5. The van der Waals surface area contributed by atoms with Crippen LogP contribution in [-0.4, -0.2) is 45.8 Å². The first-order chi connectivity index (χ1) is 21.9. The summed E-state index contributed by atoms with van der Waals surface area (Å²) in [6.07, 6.45) is -4.98. The summed E-state index contributed by atoms with van der Waals surface area (Å²) in [6.45, 7) is -1.03. The van der Waals surface area contributed by atoms with Gasteiger partial charge in [0.15, 0.2) is 0 Å². The van der Waals surface area contributed by atoms with Crippen molar-refractivity contribution < 1.29 is 32.3 Å². The van der Waals surface area contributed by atoms with E-state index in [0.29, 0.717) is 38.0 Å². The molecule has 0 aliphatic carbocycles. The van der Waals surface area contributed by atoms with Crippen LogP contribution in [0.4, 0.5) is 28.9 Å². The zero-order valence-corrected chi connectivity index (χ0v) is 25.2. The average molecular weight is 677 g/mol. The van der Waals surface area contributed by atoms with Crippen molar-refractivity contribution >= 4 is 57.4 Å². The molecule has 8 nitrogen and oxygen atoms in total. The topological polar surface area (TPSA) is 127 Å². The van der Waals surface area contributed by atoms with Gasteiger partial charge >= 0.3 is 5.97 Å². The molecule has 4 aromatic carbocycles. The van der Waals surface area contributed by atoms with Crippen LogP contribution in [0.1, 0.15) is 10.4 Å². The Bertz CT molecular complexity index is 1840. The third kappa shape index (κ3) is 10.3. The zero-order chi connectivity index (χ0) is 33.8. The Hall–Kier alpha value is -4.94. The number of rotatable bonds is 8. The Morgan fingerprint density at radius 3 is 1.96 bits per heavy atom. The average Bonchev–Trinajstić information content (AvgIpc) is 3.03. The van der Waals surface area contributed by atoms with Crippen LogP contribution in [0.5, 0.6) is 0 Å². The number of carboxylic acids is 1. The number of nitrogens with two attached hydrogens (primary N) is 1. The number of carboxylic acid groups (broad SMARTS) is 1. The number of ketones is 1. The Balaban J connectivity index is 0.000000205. The number of carbonyl (C=O) groups is 2. The fourth-order valence-electron chi connectivity index (χ4n) is 3.88. The summed E-state index contributed by atoms with van der Waals surface area (Å²) in [5.41, 5.74) is 7.70. The number of benzene rings is 4. The molecule has 0 aliphatic heterocycles. The van der Waals surface area contributed by atoms with E-state index in [1.807, 2.05) is 0 Å². The van der Waals surface area contributed by atoms with Crippen molar-refractivity contribution in [2.75, 3.05) is 17.6 Å². The molecule has 14 heteroatoms. The lowest BCUT2D eigenvalue weighted by Gasteiger charge is -2.12. The van der Waals surface area contributed by atoms with Crippen molar-refractivity contribution in [1.29, 1.82) is 0 Å². The van der Waals surface area contributed by atoms with Gasteiger partial charge < -0.3 is 16.2 Å². The lowest BCUT2D eigenvalue weighted by Crippen LogP contribution is -2.26. The van der Waals surface area contributed by atoms with Gasteiger partial charge in [-0.05, 0) is 60.7 Å². The largest absolute Gasteiger partial charge is 0.475 e. The number of aliphatic carboxylic acids is 1. The lowest BCUT2D eigenvalue weighted by molar-refractivity contribution is -0.131. The molecule has 0 fully saturated rings. The highest BCUT2D eigenvalue weighted by Gasteiger charge is 2.16. The van der Waals surface area contributed by atoms with Crippen molar-refractivity contribution in [1.82, 2.24) is 9.55 Å². The minimum atomic E-state index is -2.62. The van der Waals surface area contributed by atoms with E-state index in [-0.39, 0.29) is 17.8 Å². The summed E-state index contributed by atoms with van der Waals surface area (Å²) < 4.78 is 50.2. The molecule has 0 bridgehead atoms. The summed E-state index contributed by atoms with van der Waals surface area (Å²) in [4.78, 5) is 37.9. The maximum Gasteiger partial charge on any atom is 0.377 e. The van der Waals surface area contributed by atoms with E-state index in [1.54, 1.807) is 72.8 Å². The number of hydrogen-bond donors (Lipinski definition) is 3. The smallest absolute Gasteiger partial charge is 0.377 e. The number of anilines is 2. The van der Waals surface area contributed by atoms with E-state index >= 15 is 0 Å². The summed E-state index contributed by atoms with van der Waals surface area (Å²) in [7, 11) is 0. The van der Waals surface area contributed by atoms with Gasteiger partial charge in [-0.15, -0.1) is 0 Å². The molecule has 1 heterocycles. The number of nitrogen functional groups attached to an aromatic ring is 1. The number of nitrogens with zero attached hydrogens (tertiary/aromatic N) is 2. The molecule has 0 unspecified atom stereocenters. The predicted molar refractivity (Wildman–Crippen MR) is 171 cm³/mol. The summed E-state index contributed by atoms with van der Waals surface area (Å²) in [5, 5.41) is 11.9. The molecule has 0 atom stereocenters. The van der Waals surface area contributed by atoms with Gasteiger partial charge in [-0.1, -0.05) is 59.6 Å². The molecular formula is C32H26Cl2F4N4O4. The number of Topliss-reactive ketones (excluding diaryl/α,β-unsaturated/α-hetero) is 1. The second-order valence-electron chi connectivity index (χ2n) is 9.26. The number of halogens is 6. The molecule has 0 saturated carbocycles. The van der Waals surface area contributed by atoms with Gasteiger partial charge in [0.2, 0.25) is 0 Å². The quantitative estimate of drug-likeness (QED) is 0.0671. The van der Waals surface area contributed by atoms with E-state index in [4.69, 9.17) is 34.0 Å². The first-order valence-corrected chi connectivity index (χ1v) is 14.1. The first kappa shape index (κ1) is 35.5. The summed E-state index contributed by atoms with van der Waals surface area (Å²) in [6, 6.07) is 25.8. The van der Waals surface area contributed by atoms with Crippen molar-refractivity contribution in [3.05, 3.63) is 123 Å². The number of alkyl halides is 4.